The van der Waals surface area contributed by atoms with E-state index in [1.54, 1.807) is 0 Å². The first-order valence-corrected chi connectivity index (χ1v) is 5.04. The number of carbonyl (C=O) groups excluding carboxylic acids is 1. The van der Waals surface area contributed by atoms with Crippen LogP contribution in [0.3, 0.4) is 0 Å². The number of carbonyl (C=O) groups is 2. The van der Waals surface area contributed by atoms with Crippen LogP contribution in [-0.2, 0) is 9.53 Å². The molecule has 0 aromatic heterocycles. The Labute approximate surface area is 96.9 Å². The van der Waals surface area contributed by atoms with Crippen LogP contribution in [0.25, 0.3) is 0 Å². The normalized spacial score (nSPS) is 18.8. The highest BCUT2D eigenvalue weighted by Gasteiger charge is 2.30. The summed E-state index contributed by atoms with van der Waals surface area (Å²) in [5.41, 5.74) is 5.76. The third kappa shape index (κ3) is 2.15. The second-order valence-corrected chi connectivity index (χ2v) is 3.59. The Balaban J connectivity index is 2.31. The SMILES string of the molecule is Nc1cccc(C(=O)O)c1OC1CCOC1=O. The Kier molecular flexibility index (Phi) is 2.86. The lowest BCUT2D eigenvalue weighted by molar-refractivity contribution is -0.143. The van der Waals surface area contributed by atoms with E-state index in [-0.39, 0.29) is 23.6 Å². The van der Waals surface area contributed by atoms with Gasteiger partial charge in [-0.1, -0.05) is 6.07 Å². The highest BCUT2D eigenvalue weighted by atomic mass is 16.6. The van der Waals surface area contributed by atoms with Crippen LogP contribution in [0.15, 0.2) is 18.2 Å². The summed E-state index contributed by atoms with van der Waals surface area (Å²) in [5.74, 6) is -1.63. The first-order valence-electron chi connectivity index (χ1n) is 5.04. The van der Waals surface area contributed by atoms with E-state index in [1.165, 1.54) is 18.2 Å². The molecular formula is C11H11NO5. The van der Waals surface area contributed by atoms with E-state index >= 15 is 0 Å². The van der Waals surface area contributed by atoms with Gasteiger partial charge in [0.15, 0.2) is 11.9 Å². The molecule has 2 rings (SSSR count). The standard InChI is InChI=1S/C11H11NO5/c12-7-3-1-2-6(10(13)14)9(7)17-8-4-5-16-11(8)15/h1-3,8H,4-5,12H2,(H,13,14). The van der Waals surface area contributed by atoms with Gasteiger partial charge in [0, 0.05) is 6.42 Å². The quantitative estimate of drug-likeness (QED) is 0.592. The van der Waals surface area contributed by atoms with Crippen LogP contribution < -0.4 is 10.5 Å². The average Bonchev–Trinajstić information content (AvgIpc) is 2.67. The first kappa shape index (κ1) is 11.3. The van der Waals surface area contributed by atoms with Crippen molar-refractivity contribution in [2.75, 3.05) is 12.3 Å². The minimum Gasteiger partial charge on any atom is -0.478 e. The predicted molar refractivity (Wildman–Crippen MR) is 57.8 cm³/mol. The van der Waals surface area contributed by atoms with E-state index in [4.69, 9.17) is 20.3 Å². The van der Waals surface area contributed by atoms with Crippen LogP contribution in [0.4, 0.5) is 5.69 Å². The van der Waals surface area contributed by atoms with Crippen molar-refractivity contribution >= 4 is 17.6 Å². The maximum absolute atomic E-state index is 11.2. The summed E-state index contributed by atoms with van der Waals surface area (Å²) >= 11 is 0. The summed E-state index contributed by atoms with van der Waals surface area (Å²) in [6.45, 7) is 0.276. The number of aromatic carboxylic acids is 1. The molecule has 1 unspecified atom stereocenters. The van der Waals surface area contributed by atoms with Gasteiger partial charge in [0.05, 0.1) is 12.3 Å². The summed E-state index contributed by atoms with van der Waals surface area (Å²) in [4.78, 5) is 22.2. The van der Waals surface area contributed by atoms with Gasteiger partial charge in [-0.25, -0.2) is 9.59 Å². The molecule has 6 nitrogen and oxygen atoms in total. The first-order chi connectivity index (χ1) is 8.09. The molecule has 90 valence electrons. The topological polar surface area (TPSA) is 98.9 Å². The molecule has 17 heavy (non-hydrogen) atoms. The summed E-state index contributed by atoms with van der Waals surface area (Å²) < 4.78 is 10.1. The third-order valence-electron chi connectivity index (χ3n) is 2.42. The molecule has 1 aromatic rings. The monoisotopic (exact) mass is 237 g/mol. The van der Waals surface area contributed by atoms with Gasteiger partial charge >= 0.3 is 11.9 Å². The van der Waals surface area contributed by atoms with Crippen molar-refractivity contribution in [1.82, 2.24) is 0 Å². The molecule has 6 heteroatoms. The molecule has 1 heterocycles. The average molecular weight is 237 g/mol. The van der Waals surface area contributed by atoms with Crippen LogP contribution in [0.5, 0.6) is 5.75 Å². The van der Waals surface area contributed by atoms with E-state index in [0.29, 0.717) is 6.42 Å². The Morgan fingerprint density at radius 2 is 2.29 bits per heavy atom. The van der Waals surface area contributed by atoms with E-state index in [9.17, 15) is 9.59 Å². The molecule has 0 amide bonds. The maximum atomic E-state index is 11.2. The highest BCUT2D eigenvalue weighted by Crippen LogP contribution is 2.29. The fourth-order valence-electron chi connectivity index (χ4n) is 1.58. The van der Waals surface area contributed by atoms with Crippen LogP contribution >= 0.6 is 0 Å². The smallest absolute Gasteiger partial charge is 0.347 e. The third-order valence-corrected chi connectivity index (χ3v) is 2.42. The van der Waals surface area contributed by atoms with Gasteiger partial charge in [-0.15, -0.1) is 0 Å². The molecule has 1 aliphatic heterocycles. The van der Waals surface area contributed by atoms with Gasteiger partial charge < -0.3 is 20.3 Å². The molecule has 1 aliphatic rings. The lowest BCUT2D eigenvalue weighted by atomic mass is 10.1. The molecule has 0 radical (unpaired) electrons. The van der Waals surface area contributed by atoms with Crippen molar-refractivity contribution in [1.29, 1.82) is 0 Å². The molecule has 0 saturated carbocycles. The van der Waals surface area contributed by atoms with E-state index < -0.39 is 18.0 Å². The summed E-state index contributed by atoms with van der Waals surface area (Å²) in [6.07, 6.45) is -0.385. The molecule has 1 fully saturated rings. The van der Waals surface area contributed by atoms with Gasteiger partial charge in [-0.3, -0.25) is 0 Å². The molecule has 1 saturated heterocycles. The number of carboxylic acids is 1. The minimum absolute atomic E-state index is 0.0175. The zero-order valence-electron chi connectivity index (χ0n) is 8.88. The van der Waals surface area contributed by atoms with Crippen LogP contribution in [-0.4, -0.2) is 29.8 Å². The van der Waals surface area contributed by atoms with Gasteiger partial charge in [-0.05, 0) is 12.1 Å². The number of para-hydroxylation sites is 1. The molecule has 3 N–H and O–H groups in total. The number of carboxylic acid groups (broad SMARTS) is 1. The zero-order valence-corrected chi connectivity index (χ0v) is 8.88. The molecule has 0 bridgehead atoms. The number of anilines is 1. The summed E-state index contributed by atoms with van der Waals surface area (Å²) in [7, 11) is 0. The molecule has 0 spiro atoms. The second-order valence-electron chi connectivity index (χ2n) is 3.59. The minimum atomic E-state index is -1.15. The Morgan fingerprint density at radius 3 is 2.88 bits per heavy atom. The van der Waals surface area contributed by atoms with Crippen molar-refractivity contribution in [3.8, 4) is 5.75 Å². The molecular weight excluding hydrogens is 226 g/mol. The predicted octanol–water partition coefficient (Wildman–Crippen LogP) is 0.661. The van der Waals surface area contributed by atoms with Crippen molar-refractivity contribution in [3.05, 3.63) is 23.8 Å². The lowest BCUT2D eigenvalue weighted by Gasteiger charge is -2.14. The number of cyclic esters (lactones) is 1. The van der Waals surface area contributed by atoms with E-state index in [1.807, 2.05) is 0 Å². The summed E-state index contributed by atoms with van der Waals surface area (Å²) in [5, 5.41) is 8.98. The lowest BCUT2D eigenvalue weighted by Crippen LogP contribution is -2.23. The van der Waals surface area contributed by atoms with Crippen molar-refractivity contribution < 1.29 is 24.2 Å². The molecule has 0 aliphatic carbocycles. The number of nitrogens with two attached hydrogens (primary N) is 1. The Bertz CT molecular complexity index is 471. The molecule has 1 atom stereocenters. The number of benzene rings is 1. The van der Waals surface area contributed by atoms with Gasteiger partial charge in [0.2, 0.25) is 0 Å². The Hall–Kier alpha value is -2.24. The van der Waals surface area contributed by atoms with Crippen molar-refractivity contribution in [2.24, 2.45) is 0 Å². The van der Waals surface area contributed by atoms with Crippen molar-refractivity contribution in [3.63, 3.8) is 0 Å². The number of hydrogen-bond acceptors (Lipinski definition) is 5. The van der Waals surface area contributed by atoms with E-state index in [0.717, 1.165) is 0 Å². The van der Waals surface area contributed by atoms with E-state index in [2.05, 4.69) is 0 Å². The fourth-order valence-corrected chi connectivity index (χ4v) is 1.58. The maximum Gasteiger partial charge on any atom is 0.347 e. The fraction of sp³-hybridized carbons (Fsp3) is 0.273. The Morgan fingerprint density at radius 1 is 1.53 bits per heavy atom. The number of hydrogen-bond donors (Lipinski definition) is 2. The number of rotatable bonds is 3. The molecule has 1 aromatic carbocycles. The van der Waals surface area contributed by atoms with Crippen LogP contribution in [0, 0.1) is 0 Å². The zero-order chi connectivity index (χ0) is 12.4. The number of ether oxygens (including phenoxy) is 2. The summed E-state index contributed by atoms with van der Waals surface area (Å²) in [6, 6.07) is 4.40. The van der Waals surface area contributed by atoms with Crippen LogP contribution in [0.2, 0.25) is 0 Å². The van der Waals surface area contributed by atoms with Gasteiger partial charge in [0.25, 0.3) is 0 Å². The van der Waals surface area contributed by atoms with Gasteiger partial charge in [0.1, 0.15) is 5.56 Å². The van der Waals surface area contributed by atoms with Crippen molar-refractivity contribution in [2.45, 2.75) is 12.5 Å². The number of esters is 1. The van der Waals surface area contributed by atoms with Gasteiger partial charge in [-0.2, -0.15) is 0 Å². The highest BCUT2D eigenvalue weighted by molar-refractivity contribution is 5.93. The number of nitrogen functional groups attached to an aromatic ring is 1. The van der Waals surface area contributed by atoms with Crippen LogP contribution in [0.1, 0.15) is 16.8 Å². The second kappa shape index (κ2) is 4.32. The largest absolute Gasteiger partial charge is 0.478 e.